The third-order valence-corrected chi connectivity index (χ3v) is 6.48. The topological polar surface area (TPSA) is 79.4 Å². The molecule has 6 nitrogen and oxygen atoms in total. The number of rotatable bonds is 9. The summed E-state index contributed by atoms with van der Waals surface area (Å²) in [6.07, 6.45) is 3.43. The Morgan fingerprint density at radius 2 is 1.92 bits per heavy atom. The number of aromatic nitrogens is 1. The zero-order valence-corrected chi connectivity index (χ0v) is 16.5. The largest absolute Gasteiger partial charge is 0.325 e. The summed E-state index contributed by atoms with van der Waals surface area (Å²) in [5, 5.41) is 3.54. The molecule has 2 rings (SSSR count). The Balaban J connectivity index is 1.93. The maximum atomic E-state index is 12.5. The number of carbonyl (C=O) groups is 1. The molecule has 1 N–H and O–H groups in total. The van der Waals surface area contributed by atoms with E-state index in [1.165, 1.54) is 28.2 Å². The van der Waals surface area contributed by atoms with E-state index in [2.05, 4.69) is 10.3 Å². The van der Waals surface area contributed by atoms with Crippen molar-refractivity contribution in [1.29, 1.82) is 0 Å². The van der Waals surface area contributed by atoms with Crippen molar-refractivity contribution in [3.63, 3.8) is 0 Å². The average molecular weight is 394 g/mol. The van der Waals surface area contributed by atoms with Gasteiger partial charge in [-0.1, -0.05) is 31.2 Å². The number of thioether (sulfide) groups is 1. The molecule has 0 aliphatic heterocycles. The standard InChI is InChI=1S/C18H23N3O3S2/c1-3-4-13-21(2)26(23,24)16-10-8-15(9-11-16)20-17(22)14-25-18-7-5-6-12-19-18/h5-12H,3-4,13-14H2,1-2H3,(H,20,22). The molecule has 1 aromatic heterocycles. The normalized spacial score (nSPS) is 11.5. The molecule has 140 valence electrons. The fraction of sp³-hybridized carbons (Fsp3) is 0.333. The summed E-state index contributed by atoms with van der Waals surface area (Å²) in [6, 6.07) is 11.8. The van der Waals surface area contributed by atoms with Gasteiger partial charge in [-0.15, -0.1) is 0 Å². The molecule has 0 aliphatic rings. The minimum Gasteiger partial charge on any atom is -0.325 e. The number of benzene rings is 1. The molecule has 1 amide bonds. The van der Waals surface area contributed by atoms with Crippen LogP contribution in [0.3, 0.4) is 0 Å². The van der Waals surface area contributed by atoms with Gasteiger partial charge < -0.3 is 5.32 Å². The number of amides is 1. The van der Waals surface area contributed by atoms with E-state index >= 15 is 0 Å². The quantitative estimate of drug-likeness (QED) is 0.662. The van der Waals surface area contributed by atoms with Gasteiger partial charge in [-0.2, -0.15) is 0 Å². The smallest absolute Gasteiger partial charge is 0.242 e. The molecule has 0 atom stereocenters. The highest BCUT2D eigenvalue weighted by atomic mass is 32.2. The molecule has 0 spiro atoms. The summed E-state index contributed by atoms with van der Waals surface area (Å²) in [7, 11) is -1.92. The van der Waals surface area contributed by atoms with Gasteiger partial charge >= 0.3 is 0 Å². The third-order valence-electron chi connectivity index (χ3n) is 3.66. The summed E-state index contributed by atoms with van der Waals surface area (Å²) in [5.74, 6) is 0.0629. The van der Waals surface area contributed by atoms with Gasteiger partial charge in [-0.3, -0.25) is 4.79 Å². The van der Waals surface area contributed by atoms with Gasteiger partial charge in [0.25, 0.3) is 0 Å². The van der Waals surface area contributed by atoms with Crippen molar-refractivity contribution in [2.75, 3.05) is 24.7 Å². The van der Waals surface area contributed by atoms with Crippen molar-refractivity contribution in [1.82, 2.24) is 9.29 Å². The predicted octanol–water partition coefficient (Wildman–Crippen LogP) is 3.23. The van der Waals surface area contributed by atoms with Crippen LogP contribution in [0, 0.1) is 0 Å². The van der Waals surface area contributed by atoms with Crippen LogP contribution in [0.4, 0.5) is 5.69 Å². The van der Waals surface area contributed by atoms with Crippen LogP contribution in [0.2, 0.25) is 0 Å². The maximum absolute atomic E-state index is 12.5. The van der Waals surface area contributed by atoms with Crippen LogP contribution in [0.15, 0.2) is 58.6 Å². The SMILES string of the molecule is CCCCN(C)S(=O)(=O)c1ccc(NC(=O)CSc2ccccn2)cc1. The summed E-state index contributed by atoms with van der Waals surface area (Å²) < 4.78 is 26.3. The third kappa shape index (κ3) is 5.82. The molecule has 0 bridgehead atoms. The van der Waals surface area contributed by atoms with Crippen LogP contribution >= 0.6 is 11.8 Å². The highest BCUT2D eigenvalue weighted by Crippen LogP contribution is 2.19. The van der Waals surface area contributed by atoms with E-state index in [4.69, 9.17) is 0 Å². The van der Waals surface area contributed by atoms with Gasteiger partial charge in [0, 0.05) is 25.5 Å². The van der Waals surface area contributed by atoms with Gasteiger partial charge in [0.15, 0.2) is 0 Å². The molecule has 26 heavy (non-hydrogen) atoms. The van der Waals surface area contributed by atoms with Crippen molar-refractivity contribution < 1.29 is 13.2 Å². The Hall–Kier alpha value is -1.90. The van der Waals surface area contributed by atoms with Gasteiger partial charge in [-0.25, -0.2) is 17.7 Å². The lowest BCUT2D eigenvalue weighted by Gasteiger charge is -2.17. The van der Waals surface area contributed by atoms with E-state index in [-0.39, 0.29) is 16.6 Å². The minimum absolute atomic E-state index is 0.170. The Kier molecular flexibility index (Phi) is 7.62. The first-order valence-corrected chi connectivity index (χ1v) is 10.8. The van der Waals surface area contributed by atoms with E-state index in [0.717, 1.165) is 17.9 Å². The molecule has 0 saturated heterocycles. The van der Waals surface area contributed by atoms with Crippen molar-refractivity contribution in [3.05, 3.63) is 48.7 Å². The van der Waals surface area contributed by atoms with Crippen LogP contribution in [0.1, 0.15) is 19.8 Å². The second-order valence-corrected chi connectivity index (χ2v) is 8.75. The van der Waals surface area contributed by atoms with E-state index in [1.807, 2.05) is 25.1 Å². The Labute approximate surface area is 159 Å². The molecule has 1 heterocycles. The van der Waals surface area contributed by atoms with Crippen molar-refractivity contribution in [2.24, 2.45) is 0 Å². The van der Waals surface area contributed by atoms with Crippen molar-refractivity contribution in [3.8, 4) is 0 Å². The second kappa shape index (κ2) is 9.70. The number of anilines is 1. The fourth-order valence-corrected chi connectivity index (χ4v) is 4.03. The number of pyridine rings is 1. The van der Waals surface area contributed by atoms with E-state index in [1.54, 1.807) is 25.4 Å². The number of carbonyl (C=O) groups excluding carboxylic acids is 1. The lowest BCUT2D eigenvalue weighted by Crippen LogP contribution is -2.27. The number of hydrogen-bond acceptors (Lipinski definition) is 5. The molecule has 0 fully saturated rings. The Morgan fingerprint density at radius 1 is 1.19 bits per heavy atom. The second-order valence-electron chi connectivity index (χ2n) is 5.71. The zero-order valence-electron chi connectivity index (χ0n) is 14.9. The number of sulfonamides is 1. The van der Waals surface area contributed by atoms with Gasteiger partial charge in [-0.05, 0) is 42.8 Å². The molecule has 0 radical (unpaired) electrons. The number of hydrogen-bond donors (Lipinski definition) is 1. The average Bonchev–Trinajstić information content (AvgIpc) is 2.65. The molecular formula is C18H23N3O3S2. The molecule has 0 aliphatic carbocycles. The lowest BCUT2D eigenvalue weighted by atomic mass is 10.3. The van der Waals surface area contributed by atoms with Crippen LogP contribution in [-0.4, -0.2) is 43.0 Å². The first-order chi connectivity index (χ1) is 12.4. The number of unbranched alkanes of at least 4 members (excludes halogenated alkanes) is 1. The van der Waals surface area contributed by atoms with Gasteiger partial charge in [0.2, 0.25) is 15.9 Å². The fourth-order valence-electron chi connectivity index (χ4n) is 2.16. The first-order valence-electron chi connectivity index (χ1n) is 8.33. The van der Waals surface area contributed by atoms with E-state index in [0.29, 0.717) is 12.2 Å². The molecule has 0 unspecified atom stereocenters. The van der Waals surface area contributed by atoms with Crippen LogP contribution in [-0.2, 0) is 14.8 Å². The molecule has 8 heteroatoms. The molecule has 0 saturated carbocycles. The lowest BCUT2D eigenvalue weighted by molar-refractivity contribution is -0.113. The Bertz CT molecular complexity index is 809. The number of nitrogens with one attached hydrogen (secondary N) is 1. The van der Waals surface area contributed by atoms with Gasteiger partial charge in [0.05, 0.1) is 15.7 Å². The predicted molar refractivity (Wildman–Crippen MR) is 105 cm³/mol. The van der Waals surface area contributed by atoms with Crippen LogP contribution < -0.4 is 5.32 Å². The summed E-state index contributed by atoms with van der Waals surface area (Å²) in [6.45, 7) is 2.51. The van der Waals surface area contributed by atoms with Crippen LogP contribution in [0.25, 0.3) is 0 Å². The van der Waals surface area contributed by atoms with Crippen molar-refractivity contribution >= 4 is 33.4 Å². The summed E-state index contributed by atoms with van der Waals surface area (Å²) >= 11 is 1.34. The summed E-state index contributed by atoms with van der Waals surface area (Å²) in [5.41, 5.74) is 0.562. The zero-order chi connectivity index (χ0) is 19.0. The highest BCUT2D eigenvalue weighted by molar-refractivity contribution is 7.99. The van der Waals surface area contributed by atoms with Crippen molar-refractivity contribution in [2.45, 2.75) is 29.7 Å². The molecular weight excluding hydrogens is 370 g/mol. The Morgan fingerprint density at radius 3 is 2.54 bits per heavy atom. The molecule has 2 aromatic rings. The number of nitrogens with zero attached hydrogens (tertiary/aromatic N) is 2. The molecule has 1 aromatic carbocycles. The minimum atomic E-state index is -3.49. The monoisotopic (exact) mass is 393 g/mol. The first kappa shape index (κ1) is 20.4. The van der Waals surface area contributed by atoms with E-state index < -0.39 is 10.0 Å². The summed E-state index contributed by atoms with van der Waals surface area (Å²) in [4.78, 5) is 16.4. The van der Waals surface area contributed by atoms with E-state index in [9.17, 15) is 13.2 Å². The van der Waals surface area contributed by atoms with Crippen LogP contribution in [0.5, 0.6) is 0 Å². The van der Waals surface area contributed by atoms with Gasteiger partial charge in [0.1, 0.15) is 0 Å². The maximum Gasteiger partial charge on any atom is 0.242 e. The highest BCUT2D eigenvalue weighted by Gasteiger charge is 2.20.